The van der Waals surface area contributed by atoms with E-state index >= 15 is 0 Å². The van der Waals surface area contributed by atoms with Gasteiger partial charge in [0.05, 0.1) is 0 Å². The lowest BCUT2D eigenvalue weighted by Crippen LogP contribution is -2.07. The molecule has 0 spiro atoms. The maximum Gasteiger partial charge on any atom is 0.248 e. The molecule has 1 fully saturated rings. The number of amides is 1. The number of hydrogen-bond acceptors (Lipinski definition) is 3. The third-order valence-corrected chi connectivity index (χ3v) is 6.37. The van der Waals surface area contributed by atoms with Crippen molar-refractivity contribution in [3.63, 3.8) is 0 Å². The minimum atomic E-state index is -0.125. The number of anilines is 1. The van der Waals surface area contributed by atoms with Crippen LogP contribution < -0.4 is 5.32 Å². The molecule has 5 rings (SSSR count). The van der Waals surface area contributed by atoms with E-state index in [-0.39, 0.29) is 5.91 Å². The van der Waals surface area contributed by atoms with Gasteiger partial charge in [-0.15, -0.1) is 10.2 Å². The third-order valence-electron chi connectivity index (χ3n) is 6.37. The number of aromatic nitrogens is 4. The van der Waals surface area contributed by atoms with E-state index < -0.39 is 0 Å². The highest BCUT2D eigenvalue weighted by Crippen LogP contribution is 2.38. The number of rotatable bonds is 5. The molecule has 0 unspecified atom stereocenters. The molecule has 1 saturated carbocycles. The molecule has 1 aromatic carbocycles. The quantitative estimate of drug-likeness (QED) is 0.591. The van der Waals surface area contributed by atoms with Crippen molar-refractivity contribution < 1.29 is 4.79 Å². The first-order valence-corrected chi connectivity index (χ1v) is 11.3. The zero-order chi connectivity index (χ0) is 21.4. The summed E-state index contributed by atoms with van der Waals surface area (Å²) < 4.78 is 4.63. The smallest absolute Gasteiger partial charge is 0.248 e. The fraction of sp³-hybridized carbons (Fsp3) is 0.400. The standard InChI is InChI=1S/C25H29N5O/c1-17-16-20(18(2)30(17)22-12-13-22)9-14-24(31)26-21-10-7-19(8-11-21)25-28-27-23-6-4-3-5-15-29(23)25/h7-11,14,16,22H,3-6,12-13,15H2,1-2H3,(H,26,31)/b14-9+. The van der Waals surface area contributed by atoms with E-state index in [2.05, 4.69) is 44.6 Å². The molecule has 1 aliphatic heterocycles. The second-order valence-corrected chi connectivity index (χ2v) is 8.73. The molecule has 0 saturated heterocycles. The highest BCUT2D eigenvalue weighted by atomic mass is 16.1. The lowest BCUT2D eigenvalue weighted by atomic mass is 10.2. The number of fused-ring (bicyclic) bond motifs is 1. The van der Waals surface area contributed by atoms with E-state index in [0.717, 1.165) is 41.4 Å². The Bertz CT molecular complexity index is 1130. The molecule has 160 valence electrons. The van der Waals surface area contributed by atoms with Gasteiger partial charge in [-0.2, -0.15) is 0 Å². The molecule has 0 bridgehead atoms. The maximum absolute atomic E-state index is 12.4. The van der Waals surface area contributed by atoms with Crippen LogP contribution in [0.5, 0.6) is 0 Å². The normalized spacial score (nSPS) is 16.3. The molecule has 3 aromatic rings. The van der Waals surface area contributed by atoms with Crippen molar-refractivity contribution in [1.82, 2.24) is 19.3 Å². The van der Waals surface area contributed by atoms with E-state index in [1.54, 1.807) is 6.08 Å². The minimum Gasteiger partial charge on any atom is -0.346 e. The van der Waals surface area contributed by atoms with E-state index in [9.17, 15) is 4.79 Å². The van der Waals surface area contributed by atoms with Crippen LogP contribution in [0.4, 0.5) is 5.69 Å². The summed E-state index contributed by atoms with van der Waals surface area (Å²) in [6, 6.07) is 10.7. The van der Waals surface area contributed by atoms with Gasteiger partial charge in [-0.1, -0.05) is 6.42 Å². The molecule has 1 N–H and O–H groups in total. The van der Waals surface area contributed by atoms with Crippen LogP contribution in [0.1, 0.15) is 60.9 Å². The van der Waals surface area contributed by atoms with Gasteiger partial charge in [-0.25, -0.2) is 0 Å². The summed E-state index contributed by atoms with van der Waals surface area (Å²) >= 11 is 0. The van der Waals surface area contributed by atoms with Crippen LogP contribution in [0.3, 0.4) is 0 Å². The summed E-state index contributed by atoms with van der Waals surface area (Å²) in [7, 11) is 0. The molecule has 0 radical (unpaired) electrons. The first-order chi connectivity index (χ1) is 15.1. The van der Waals surface area contributed by atoms with Gasteiger partial charge in [-0.05, 0) is 81.5 Å². The first-order valence-electron chi connectivity index (χ1n) is 11.3. The molecule has 0 atom stereocenters. The molecule has 1 amide bonds. The van der Waals surface area contributed by atoms with Crippen LogP contribution in [-0.2, 0) is 17.8 Å². The molecule has 6 heteroatoms. The van der Waals surface area contributed by atoms with Crippen molar-refractivity contribution in [3.8, 4) is 11.4 Å². The number of aryl methyl sites for hydroxylation is 2. The van der Waals surface area contributed by atoms with Gasteiger partial charge >= 0.3 is 0 Å². The Balaban J connectivity index is 1.26. The summed E-state index contributed by atoms with van der Waals surface area (Å²) in [5.41, 5.74) is 5.42. The number of carbonyl (C=O) groups excluding carboxylic acids is 1. The second kappa shape index (κ2) is 8.17. The molecular weight excluding hydrogens is 386 g/mol. The molecule has 1 aliphatic carbocycles. The topological polar surface area (TPSA) is 64.7 Å². The number of benzene rings is 1. The largest absolute Gasteiger partial charge is 0.346 e. The molecular formula is C25H29N5O. The van der Waals surface area contributed by atoms with Crippen LogP contribution in [-0.4, -0.2) is 25.2 Å². The van der Waals surface area contributed by atoms with E-state index in [4.69, 9.17) is 0 Å². The predicted molar refractivity (Wildman–Crippen MR) is 123 cm³/mol. The lowest BCUT2D eigenvalue weighted by molar-refractivity contribution is -0.111. The van der Waals surface area contributed by atoms with E-state index in [0.29, 0.717) is 6.04 Å². The SMILES string of the molecule is Cc1cc(/C=C/C(=O)Nc2ccc(-c3nnc4n3CCCCC4)cc2)c(C)n1C1CC1. The zero-order valence-electron chi connectivity index (χ0n) is 18.3. The van der Waals surface area contributed by atoms with Gasteiger partial charge in [0.15, 0.2) is 5.82 Å². The highest BCUT2D eigenvalue weighted by Gasteiger charge is 2.26. The predicted octanol–water partition coefficient (Wildman–Crippen LogP) is 5.08. The minimum absolute atomic E-state index is 0.125. The molecule has 3 heterocycles. The monoisotopic (exact) mass is 415 g/mol. The van der Waals surface area contributed by atoms with Crippen molar-refractivity contribution in [1.29, 1.82) is 0 Å². The lowest BCUT2D eigenvalue weighted by Gasteiger charge is -2.08. The van der Waals surface area contributed by atoms with Crippen LogP contribution in [0.2, 0.25) is 0 Å². The average Bonchev–Trinajstić information content (AvgIpc) is 3.50. The van der Waals surface area contributed by atoms with Crippen molar-refractivity contribution in [2.24, 2.45) is 0 Å². The summed E-state index contributed by atoms with van der Waals surface area (Å²) in [6.45, 7) is 5.24. The van der Waals surface area contributed by atoms with Gasteiger partial charge in [0.25, 0.3) is 0 Å². The number of nitrogens with one attached hydrogen (secondary N) is 1. The third kappa shape index (κ3) is 4.07. The Hall–Kier alpha value is -3.15. The van der Waals surface area contributed by atoms with Gasteiger partial charge in [0.1, 0.15) is 5.82 Å². The Kier molecular flexibility index (Phi) is 5.22. The van der Waals surface area contributed by atoms with Crippen molar-refractivity contribution in [3.05, 3.63) is 59.2 Å². The summed E-state index contributed by atoms with van der Waals surface area (Å²) in [5, 5.41) is 11.7. The Labute approximate surface area is 183 Å². The summed E-state index contributed by atoms with van der Waals surface area (Å²) in [4.78, 5) is 12.4. The molecule has 2 aliphatic rings. The van der Waals surface area contributed by atoms with Gasteiger partial charge < -0.3 is 14.5 Å². The first kappa shape index (κ1) is 19.8. The van der Waals surface area contributed by atoms with Crippen LogP contribution in [0.25, 0.3) is 17.5 Å². The Morgan fingerprint density at radius 3 is 2.68 bits per heavy atom. The summed E-state index contributed by atoms with van der Waals surface area (Å²) in [5.74, 6) is 1.87. The number of nitrogens with zero attached hydrogens (tertiary/aromatic N) is 4. The fourth-order valence-electron chi connectivity index (χ4n) is 4.62. The number of carbonyl (C=O) groups is 1. The molecule has 2 aromatic heterocycles. The summed E-state index contributed by atoms with van der Waals surface area (Å²) in [6.07, 6.45) is 10.6. The van der Waals surface area contributed by atoms with Crippen LogP contribution in [0.15, 0.2) is 36.4 Å². The molecule has 31 heavy (non-hydrogen) atoms. The van der Waals surface area contributed by atoms with E-state index in [1.165, 1.54) is 43.5 Å². The van der Waals surface area contributed by atoms with Gasteiger partial charge in [-0.3, -0.25) is 4.79 Å². The molecule has 6 nitrogen and oxygen atoms in total. The van der Waals surface area contributed by atoms with Crippen molar-refractivity contribution in [2.75, 3.05) is 5.32 Å². The maximum atomic E-state index is 12.4. The van der Waals surface area contributed by atoms with Crippen LogP contribution >= 0.6 is 0 Å². The van der Waals surface area contributed by atoms with Gasteiger partial charge in [0, 0.05) is 47.7 Å². The second-order valence-electron chi connectivity index (χ2n) is 8.73. The highest BCUT2D eigenvalue weighted by molar-refractivity contribution is 6.02. The Morgan fingerprint density at radius 1 is 1.10 bits per heavy atom. The van der Waals surface area contributed by atoms with E-state index in [1.807, 2.05) is 30.3 Å². The Morgan fingerprint density at radius 2 is 1.90 bits per heavy atom. The van der Waals surface area contributed by atoms with Crippen molar-refractivity contribution >= 4 is 17.7 Å². The zero-order valence-corrected chi connectivity index (χ0v) is 18.3. The van der Waals surface area contributed by atoms with Crippen molar-refractivity contribution in [2.45, 2.75) is 65.0 Å². The van der Waals surface area contributed by atoms with Gasteiger partial charge in [0.2, 0.25) is 5.91 Å². The average molecular weight is 416 g/mol. The number of hydrogen-bond donors (Lipinski definition) is 1. The fourth-order valence-corrected chi connectivity index (χ4v) is 4.62. The van der Waals surface area contributed by atoms with Crippen LogP contribution in [0, 0.1) is 13.8 Å².